The number of amides is 2. The fourth-order valence-corrected chi connectivity index (χ4v) is 5.87. The predicted molar refractivity (Wildman–Crippen MR) is 168 cm³/mol. The monoisotopic (exact) mass is 630 g/mol. The molecule has 4 heterocycles. The summed E-state index contributed by atoms with van der Waals surface area (Å²) in [4.78, 5) is 35.6. The van der Waals surface area contributed by atoms with Gasteiger partial charge in [0, 0.05) is 34.9 Å². The Kier molecular flexibility index (Phi) is 8.36. The summed E-state index contributed by atoms with van der Waals surface area (Å²) in [5, 5.41) is 20.1. The van der Waals surface area contributed by atoms with Crippen molar-refractivity contribution in [2.45, 2.75) is 39.2 Å². The van der Waals surface area contributed by atoms with Crippen LogP contribution in [0.3, 0.4) is 0 Å². The minimum absolute atomic E-state index is 0.0564. The van der Waals surface area contributed by atoms with Gasteiger partial charge < -0.3 is 16.0 Å². The van der Waals surface area contributed by atoms with Crippen molar-refractivity contribution < 1.29 is 14.0 Å². The third-order valence-corrected chi connectivity index (χ3v) is 8.54. The van der Waals surface area contributed by atoms with Gasteiger partial charge in [-0.25, -0.2) is 14.1 Å². The van der Waals surface area contributed by atoms with Crippen molar-refractivity contribution in [1.29, 1.82) is 0 Å². The average Bonchev–Trinajstić information content (AvgIpc) is 3.67. The van der Waals surface area contributed by atoms with Crippen LogP contribution in [0.1, 0.15) is 54.1 Å². The first-order chi connectivity index (χ1) is 21.3. The van der Waals surface area contributed by atoms with Crippen LogP contribution in [0.4, 0.5) is 20.9 Å². The number of thiazole rings is 1. The highest BCUT2D eigenvalue weighted by Crippen LogP contribution is 2.35. The molecule has 2 atom stereocenters. The topological polar surface area (TPSA) is 127 Å². The van der Waals surface area contributed by atoms with E-state index in [1.54, 1.807) is 25.4 Å². The maximum atomic E-state index is 14.7. The molecular weight excluding hydrogens is 603 g/mol. The number of rotatable bonds is 5. The zero-order valence-electron chi connectivity index (χ0n) is 23.8. The Balaban J connectivity index is 1.32. The summed E-state index contributed by atoms with van der Waals surface area (Å²) in [6, 6.07) is 13.6. The third kappa shape index (κ3) is 6.03. The van der Waals surface area contributed by atoms with E-state index in [-0.39, 0.29) is 28.2 Å². The Hall–Kier alpha value is -4.68. The molecule has 10 nitrogen and oxygen atoms in total. The van der Waals surface area contributed by atoms with E-state index in [0.29, 0.717) is 36.3 Å². The maximum absolute atomic E-state index is 14.7. The van der Waals surface area contributed by atoms with Crippen molar-refractivity contribution in [2.75, 3.05) is 10.6 Å². The Bertz CT molecular complexity index is 1840. The summed E-state index contributed by atoms with van der Waals surface area (Å²) in [5.74, 6) is -1.48. The van der Waals surface area contributed by atoms with Crippen molar-refractivity contribution >= 4 is 51.3 Å². The third-order valence-electron chi connectivity index (χ3n) is 7.56. The van der Waals surface area contributed by atoms with Crippen LogP contribution in [-0.2, 0) is 4.79 Å². The molecule has 0 fully saturated rings. The van der Waals surface area contributed by atoms with Crippen LogP contribution >= 0.6 is 22.9 Å². The molecule has 0 saturated carbocycles. The molecule has 0 radical (unpaired) electrons. The number of fused-ring (bicyclic) bond motifs is 4. The quantitative estimate of drug-likeness (QED) is 0.194. The van der Waals surface area contributed by atoms with Gasteiger partial charge in [-0.15, -0.1) is 16.4 Å². The molecule has 2 amide bonds. The molecule has 3 aromatic heterocycles. The van der Waals surface area contributed by atoms with E-state index < -0.39 is 17.8 Å². The van der Waals surface area contributed by atoms with Crippen LogP contribution in [0, 0.1) is 18.7 Å². The summed E-state index contributed by atoms with van der Waals surface area (Å²) in [6.07, 6.45) is 5.21. The second-order valence-electron chi connectivity index (χ2n) is 10.5. The van der Waals surface area contributed by atoms with Gasteiger partial charge >= 0.3 is 0 Å². The van der Waals surface area contributed by atoms with Crippen LogP contribution in [0.15, 0.2) is 66.3 Å². The molecule has 3 N–H and O–H groups in total. The minimum Gasteiger partial charge on any atom is -0.342 e. The molecule has 224 valence electrons. The molecule has 1 aliphatic heterocycles. The van der Waals surface area contributed by atoms with E-state index in [1.165, 1.54) is 28.2 Å². The molecule has 1 unspecified atom stereocenters. The lowest BCUT2D eigenvalue weighted by atomic mass is 9.95. The van der Waals surface area contributed by atoms with E-state index in [4.69, 9.17) is 11.6 Å². The number of carbonyl (C=O) groups excluding carboxylic acids is 2. The molecule has 44 heavy (non-hydrogen) atoms. The van der Waals surface area contributed by atoms with Gasteiger partial charge in [-0.2, -0.15) is 0 Å². The number of carbonyl (C=O) groups is 2. The lowest BCUT2D eigenvalue weighted by molar-refractivity contribution is -0.119. The van der Waals surface area contributed by atoms with Crippen molar-refractivity contribution in [3.05, 3.63) is 94.2 Å². The summed E-state index contributed by atoms with van der Waals surface area (Å²) >= 11 is 7.44. The fourth-order valence-electron chi connectivity index (χ4n) is 5.15. The molecule has 6 rings (SSSR count). The van der Waals surface area contributed by atoms with Gasteiger partial charge in [-0.05, 0) is 61.7 Å². The first kappa shape index (κ1) is 29.4. The zero-order valence-corrected chi connectivity index (χ0v) is 25.4. The second-order valence-corrected chi connectivity index (χ2v) is 11.8. The number of aromatic nitrogens is 5. The number of hydrogen-bond donors (Lipinski definition) is 3. The first-order valence-electron chi connectivity index (χ1n) is 14.0. The Morgan fingerprint density at radius 3 is 2.82 bits per heavy atom. The number of anilines is 3. The lowest BCUT2D eigenvalue weighted by Crippen LogP contribution is -2.30. The van der Waals surface area contributed by atoms with Crippen LogP contribution in [0.5, 0.6) is 0 Å². The Morgan fingerprint density at radius 2 is 2.00 bits per heavy atom. The summed E-state index contributed by atoms with van der Waals surface area (Å²) in [6.45, 7) is 3.53. The van der Waals surface area contributed by atoms with E-state index in [9.17, 15) is 14.0 Å². The average molecular weight is 631 g/mol. The van der Waals surface area contributed by atoms with Crippen LogP contribution in [0.25, 0.3) is 16.8 Å². The zero-order chi connectivity index (χ0) is 30.8. The summed E-state index contributed by atoms with van der Waals surface area (Å²) < 4.78 is 16.0. The van der Waals surface area contributed by atoms with Gasteiger partial charge in [0.1, 0.15) is 5.69 Å². The number of pyridine rings is 1. The highest BCUT2D eigenvalue weighted by molar-refractivity contribution is 7.13. The first-order valence-corrected chi connectivity index (χ1v) is 15.3. The lowest BCUT2D eigenvalue weighted by Gasteiger charge is -2.22. The highest BCUT2D eigenvalue weighted by atomic mass is 35.5. The van der Waals surface area contributed by atoms with Crippen molar-refractivity contribution in [3.63, 3.8) is 0 Å². The van der Waals surface area contributed by atoms with Crippen LogP contribution in [-0.4, -0.2) is 36.8 Å². The number of benzene rings is 2. The van der Waals surface area contributed by atoms with Gasteiger partial charge in [0.2, 0.25) is 5.91 Å². The van der Waals surface area contributed by atoms with E-state index in [1.807, 2.05) is 42.6 Å². The SMILES string of the molecule is Cc1c(C(=O)N[C@H]2CCCC(C)C(=O)Nc3cc(Nc4nccs4)ccc3-c3ccnc2c3)nnn1-c1cccc(Cl)c1F. The number of nitrogens with one attached hydrogen (secondary N) is 3. The van der Waals surface area contributed by atoms with E-state index in [2.05, 4.69) is 36.2 Å². The smallest absolute Gasteiger partial charge is 0.274 e. The normalized spacial score (nSPS) is 16.7. The molecule has 2 bridgehead atoms. The van der Waals surface area contributed by atoms with E-state index in [0.717, 1.165) is 21.9 Å². The summed E-state index contributed by atoms with van der Waals surface area (Å²) in [7, 11) is 0. The van der Waals surface area contributed by atoms with Crippen LogP contribution < -0.4 is 16.0 Å². The van der Waals surface area contributed by atoms with Crippen molar-refractivity contribution in [3.8, 4) is 16.8 Å². The van der Waals surface area contributed by atoms with Gasteiger partial charge in [0.25, 0.3) is 5.91 Å². The summed E-state index contributed by atoms with van der Waals surface area (Å²) in [5.41, 5.74) is 4.27. The predicted octanol–water partition coefficient (Wildman–Crippen LogP) is 6.86. The molecule has 13 heteroatoms. The van der Waals surface area contributed by atoms with Crippen molar-refractivity contribution in [1.82, 2.24) is 30.3 Å². The molecule has 1 aliphatic rings. The maximum Gasteiger partial charge on any atom is 0.274 e. The Labute approximate surface area is 261 Å². The highest BCUT2D eigenvalue weighted by Gasteiger charge is 2.25. The van der Waals surface area contributed by atoms with Gasteiger partial charge in [-0.3, -0.25) is 14.6 Å². The van der Waals surface area contributed by atoms with Crippen molar-refractivity contribution in [2.24, 2.45) is 5.92 Å². The second kappa shape index (κ2) is 12.5. The standard InChI is InChI=1S/C31H28ClFN8O2S/c1-17-5-3-7-23(37-30(43)28-18(2)41(40-39-28)26-8-4-6-22(32)27(26)33)25-15-19(11-12-34-25)21-10-9-20(16-24(21)38-29(17)42)36-31-35-13-14-44-31/h4,6,8-17,23H,3,5,7H2,1-2H3,(H,35,36)(H,37,43)(H,38,42)/t17?,23-/m0/s1. The number of halogens is 2. The van der Waals surface area contributed by atoms with Gasteiger partial charge in [0.05, 0.1) is 28.1 Å². The van der Waals surface area contributed by atoms with E-state index >= 15 is 0 Å². The molecule has 5 aromatic rings. The largest absolute Gasteiger partial charge is 0.342 e. The number of hydrogen-bond acceptors (Lipinski definition) is 8. The molecule has 0 aliphatic carbocycles. The van der Waals surface area contributed by atoms with Gasteiger partial charge in [0.15, 0.2) is 16.6 Å². The molecule has 0 spiro atoms. The van der Waals surface area contributed by atoms with Gasteiger partial charge in [-0.1, -0.05) is 42.3 Å². The molecular formula is C31H28ClFN8O2S. The number of nitrogens with zero attached hydrogens (tertiary/aromatic N) is 5. The van der Waals surface area contributed by atoms with Crippen LogP contribution in [0.2, 0.25) is 5.02 Å². The Morgan fingerprint density at radius 1 is 1.14 bits per heavy atom. The fraction of sp³-hybridized carbons (Fsp3) is 0.226. The minimum atomic E-state index is -0.654. The molecule has 0 saturated heterocycles. The molecule has 2 aromatic carbocycles.